The molecular weight excluding hydrogens is 312 g/mol. The maximum atomic E-state index is 12.2. The summed E-state index contributed by atoms with van der Waals surface area (Å²) in [6.45, 7) is 1.61. The third kappa shape index (κ3) is 4.53. The highest BCUT2D eigenvalue weighted by Gasteiger charge is 2.20. The molecule has 132 valence electrons. The molecule has 0 bridgehead atoms. The Kier molecular flexibility index (Phi) is 6.28. The number of carboxylic acid groups (broad SMARTS) is 1. The van der Waals surface area contributed by atoms with E-state index in [2.05, 4.69) is 5.32 Å². The number of nitrogens with zero attached hydrogens (tertiary/aromatic N) is 1. The van der Waals surface area contributed by atoms with Gasteiger partial charge in [0.2, 0.25) is 0 Å². The van der Waals surface area contributed by atoms with Crippen LogP contribution in [-0.4, -0.2) is 55.9 Å². The van der Waals surface area contributed by atoms with E-state index >= 15 is 0 Å². The summed E-state index contributed by atoms with van der Waals surface area (Å²) in [6, 6.07) is 3.80. The SMILES string of the molecule is COc1cc2c(cc1OC)CCN(C(=O)NCCCC(=O)O)CC2. The maximum absolute atomic E-state index is 12.2. The van der Waals surface area contributed by atoms with E-state index < -0.39 is 5.97 Å². The van der Waals surface area contributed by atoms with Gasteiger partial charge in [0.15, 0.2) is 11.5 Å². The molecule has 7 heteroatoms. The normalized spacial score (nSPS) is 13.7. The zero-order chi connectivity index (χ0) is 17.5. The van der Waals surface area contributed by atoms with Gasteiger partial charge >= 0.3 is 12.0 Å². The number of rotatable bonds is 6. The average Bonchev–Trinajstić information content (AvgIpc) is 2.79. The standard InChI is InChI=1S/C17H24N2O5/c1-23-14-10-12-5-8-19(9-6-13(12)11-15(14)24-2)17(22)18-7-3-4-16(20)21/h10-11H,3-9H2,1-2H3,(H,18,22)(H,20,21). The Bertz CT molecular complexity index is 568. The zero-order valence-corrected chi connectivity index (χ0v) is 14.1. The molecule has 0 atom stereocenters. The van der Waals surface area contributed by atoms with Gasteiger partial charge in [0, 0.05) is 26.1 Å². The zero-order valence-electron chi connectivity index (χ0n) is 14.1. The monoisotopic (exact) mass is 336 g/mol. The van der Waals surface area contributed by atoms with Gasteiger partial charge in [-0.25, -0.2) is 4.79 Å². The third-order valence-electron chi connectivity index (χ3n) is 4.14. The van der Waals surface area contributed by atoms with Gasteiger partial charge in [0.05, 0.1) is 14.2 Å². The van der Waals surface area contributed by atoms with E-state index in [1.54, 1.807) is 19.1 Å². The number of hydrogen-bond acceptors (Lipinski definition) is 4. The lowest BCUT2D eigenvalue weighted by atomic mass is 10.0. The van der Waals surface area contributed by atoms with E-state index in [9.17, 15) is 9.59 Å². The first kappa shape index (κ1) is 17.9. The van der Waals surface area contributed by atoms with Gasteiger partial charge in [0.1, 0.15) is 0 Å². The molecule has 2 amide bonds. The summed E-state index contributed by atoms with van der Waals surface area (Å²) in [4.78, 5) is 24.5. The minimum atomic E-state index is -0.850. The number of urea groups is 1. The number of methoxy groups -OCH3 is 2. The largest absolute Gasteiger partial charge is 0.493 e. The first-order valence-corrected chi connectivity index (χ1v) is 8.03. The van der Waals surface area contributed by atoms with Crippen molar-refractivity contribution < 1.29 is 24.2 Å². The Labute approximate surface area is 141 Å². The van der Waals surface area contributed by atoms with Gasteiger partial charge in [-0.1, -0.05) is 0 Å². The van der Waals surface area contributed by atoms with Crippen molar-refractivity contribution in [2.75, 3.05) is 33.9 Å². The minimum absolute atomic E-state index is 0.0608. The van der Waals surface area contributed by atoms with Gasteiger partial charge in [-0.15, -0.1) is 0 Å². The van der Waals surface area contributed by atoms with Gasteiger partial charge < -0.3 is 24.8 Å². The van der Waals surface area contributed by atoms with Crippen LogP contribution in [0.25, 0.3) is 0 Å². The fourth-order valence-electron chi connectivity index (χ4n) is 2.80. The van der Waals surface area contributed by atoms with Crippen molar-refractivity contribution in [2.24, 2.45) is 0 Å². The van der Waals surface area contributed by atoms with Crippen LogP contribution in [0.5, 0.6) is 11.5 Å². The Morgan fingerprint density at radius 1 is 1.12 bits per heavy atom. The average molecular weight is 336 g/mol. The molecule has 0 aliphatic carbocycles. The maximum Gasteiger partial charge on any atom is 0.317 e. The van der Waals surface area contributed by atoms with Crippen molar-refractivity contribution in [1.82, 2.24) is 10.2 Å². The Hall–Kier alpha value is -2.44. The molecule has 1 heterocycles. The van der Waals surface area contributed by atoms with Crippen LogP contribution in [0.4, 0.5) is 4.79 Å². The summed E-state index contributed by atoms with van der Waals surface area (Å²) in [7, 11) is 3.22. The van der Waals surface area contributed by atoms with E-state index in [4.69, 9.17) is 14.6 Å². The molecule has 1 aliphatic rings. The second-order valence-electron chi connectivity index (χ2n) is 5.69. The molecule has 0 radical (unpaired) electrons. The number of fused-ring (bicyclic) bond motifs is 1. The van der Waals surface area contributed by atoms with Crippen LogP contribution in [0.2, 0.25) is 0 Å². The molecule has 0 unspecified atom stereocenters. The number of hydrogen-bond donors (Lipinski definition) is 2. The van der Waals surface area contributed by atoms with Crippen LogP contribution < -0.4 is 14.8 Å². The van der Waals surface area contributed by atoms with E-state index in [1.165, 1.54) is 0 Å². The Balaban J connectivity index is 1.95. The van der Waals surface area contributed by atoms with Gasteiger partial charge in [-0.2, -0.15) is 0 Å². The van der Waals surface area contributed by atoms with Crippen LogP contribution in [0.1, 0.15) is 24.0 Å². The number of carboxylic acids is 1. The van der Waals surface area contributed by atoms with Crippen LogP contribution in [0.15, 0.2) is 12.1 Å². The molecule has 2 N–H and O–H groups in total. The lowest BCUT2D eigenvalue weighted by molar-refractivity contribution is -0.137. The molecular formula is C17H24N2O5. The number of nitrogens with one attached hydrogen (secondary N) is 1. The summed E-state index contributed by atoms with van der Waals surface area (Å²) >= 11 is 0. The fourth-order valence-corrected chi connectivity index (χ4v) is 2.80. The van der Waals surface area contributed by atoms with Gasteiger partial charge in [-0.3, -0.25) is 4.79 Å². The molecule has 1 aliphatic heterocycles. The van der Waals surface area contributed by atoms with E-state index in [0.717, 1.165) is 24.0 Å². The summed E-state index contributed by atoms with van der Waals surface area (Å²) in [5, 5.41) is 11.4. The van der Waals surface area contributed by atoms with Crippen molar-refractivity contribution in [3.63, 3.8) is 0 Å². The van der Waals surface area contributed by atoms with Crippen molar-refractivity contribution >= 4 is 12.0 Å². The smallest absolute Gasteiger partial charge is 0.317 e. The Morgan fingerprint density at radius 2 is 1.67 bits per heavy atom. The summed E-state index contributed by atoms with van der Waals surface area (Å²) in [6.07, 6.45) is 1.99. The van der Waals surface area contributed by atoms with Crippen LogP contribution in [0, 0.1) is 0 Å². The number of aliphatic carboxylic acids is 1. The molecule has 24 heavy (non-hydrogen) atoms. The first-order chi connectivity index (χ1) is 11.5. The molecule has 2 rings (SSSR count). The number of ether oxygens (including phenoxy) is 2. The number of benzene rings is 1. The molecule has 0 aromatic heterocycles. The highest BCUT2D eigenvalue weighted by Crippen LogP contribution is 2.32. The number of carbonyl (C=O) groups is 2. The van der Waals surface area contributed by atoms with Gasteiger partial charge in [-0.05, 0) is 42.5 Å². The summed E-state index contributed by atoms with van der Waals surface area (Å²) in [5.74, 6) is 0.544. The minimum Gasteiger partial charge on any atom is -0.493 e. The molecule has 1 aromatic carbocycles. The topological polar surface area (TPSA) is 88.1 Å². The van der Waals surface area contributed by atoms with Crippen LogP contribution >= 0.6 is 0 Å². The number of carbonyl (C=O) groups excluding carboxylic acids is 1. The molecule has 0 spiro atoms. The van der Waals surface area contributed by atoms with Crippen molar-refractivity contribution in [3.8, 4) is 11.5 Å². The second kappa shape index (κ2) is 8.42. The molecule has 0 saturated carbocycles. The Morgan fingerprint density at radius 3 is 2.12 bits per heavy atom. The highest BCUT2D eigenvalue weighted by molar-refractivity contribution is 5.74. The molecule has 0 fully saturated rings. The fraction of sp³-hybridized carbons (Fsp3) is 0.529. The first-order valence-electron chi connectivity index (χ1n) is 8.03. The van der Waals surface area contributed by atoms with Gasteiger partial charge in [0.25, 0.3) is 0 Å². The lowest BCUT2D eigenvalue weighted by Crippen LogP contribution is -2.41. The van der Waals surface area contributed by atoms with Crippen molar-refractivity contribution in [3.05, 3.63) is 23.3 Å². The van der Waals surface area contributed by atoms with E-state index in [1.807, 2.05) is 12.1 Å². The van der Waals surface area contributed by atoms with Crippen molar-refractivity contribution in [2.45, 2.75) is 25.7 Å². The number of amides is 2. The predicted molar refractivity (Wildman–Crippen MR) is 88.8 cm³/mol. The third-order valence-corrected chi connectivity index (χ3v) is 4.14. The van der Waals surface area contributed by atoms with Crippen LogP contribution in [-0.2, 0) is 17.6 Å². The summed E-state index contributed by atoms with van der Waals surface area (Å²) in [5.41, 5.74) is 2.32. The molecule has 1 aromatic rings. The summed E-state index contributed by atoms with van der Waals surface area (Å²) < 4.78 is 10.7. The molecule has 0 saturated heterocycles. The molecule has 7 nitrogen and oxygen atoms in total. The lowest BCUT2D eigenvalue weighted by Gasteiger charge is -2.20. The quantitative estimate of drug-likeness (QED) is 0.772. The van der Waals surface area contributed by atoms with Crippen LogP contribution in [0.3, 0.4) is 0 Å². The predicted octanol–water partition coefficient (Wildman–Crippen LogP) is 1.68. The second-order valence-corrected chi connectivity index (χ2v) is 5.69. The van der Waals surface area contributed by atoms with Crippen molar-refractivity contribution in [1.29, 1.82) is 0 Å². The van der Waals surface area contributed by atoms with E-state index in [-0.39, 0.29) is 12.5 Å². The van der Waals surface area contributed by atoms with E-state index in [0.29, 0.717) is 37.6 Å². The highest BCUT2D eigenvalue weighted by atomic mass is 16.5.